The molecule has 0 saturated carbocycles. The van der Waals surface area contributed by atoms with Gasteiger partial charge in [0.15, 0.2) is 5.96 Å². The van der Waals surface area contributed by atoms with E-state index in [-0.39, 0.29) is 36.2 Å². The van der Waals surface area contributed by atoms with Gasteiger partial charge in [-0.2, -0.15) is 0 Å². The first kappa shape index (κ1) is 21.4. The minimum Gasteiger partial charge on any atom is -0.461 e. The predicted octanol–water partition coefficient (Wildman–Crippen LogP) is 3.44. The van der Waals surface area contributed by atoms with Crippen LogP contribution in [-0.4, -0.2) is 62.5 Å². The molecule has 0 radical (unpaired) electrons. The van der Waals surface area contributed by atoms with Crippen LogP contribution in [0, 0.1) is 0 Å². The fourth-order valence-electron chi connectivity index (χ4n) is 3.85. The maximum atomic E-state index is 5.96. The Bertz CT molecular complexity index is 740. The third-order valence-corrected chi connectivity index (χ3v) is 5.20. The number of hydrogen-bond acceptors (Lipinski definition) is 4. The summed E-state index contributed by atoms with van der Waals surface area (Å²) in [6, 6.07) is 10.2. The number of fused-ring (bicyclic) bond motifs is 1. The third kappa shape index (κ3) is 5.18. The van der Waals surface area contributed by atoms with Crippen LogP contribution in [0.2, 0.25) is 0 Å². The number of ether oxygens (including phenoxy) is 2. The lowest BCUT2D eigenvalue weighted by Crippen LogP contribution is -2.53. The zero-order valence-corrected chi connectivity index (χ0v) is 18.8. The molecule has 7 heteroatoms. The van der Waals surface area contributed by atoms with Gasteiger partial charge in [-0.1, -0.05) is 18.2 Å². The van der Waals surface area contributed by atoms with Gasteiger partial charge in [-0.05, 0) is 31.9 Å². The molecule has 2 unspecified atom stereocenters. The summed E-state index contributed by atoms with van der Waals surface area (Å²) in [6.07, 6.45) is 3.39. The van der Waals surface area contributed by atoms with Gasteiger partial charge in [0.05, 0.1) is 12.7 Å². The number of rotatable bonds is 5. The lowest BCUT2D eigenvalue weighted by molar-refractivity contribution is -0.0817. The van der Waals surface area contributed by atoms with Crippen molar-refractivity contribution < 1.29 is 13.9 Å². The number of nitrogens with zero attached hydrogens (tertiary/aromatic N) is 2. The van der Waals surface area contributed by atoms with Gasteiger partial charge in [-0.3, -0.25) is 4.99 Å². The van der Waals surface area contributed by atoms with Crippen molar-refractivity contribution in [2.45, 2.75) is 38.4 Å². The maximum Gasteiger partial charge on any atom is 0.194 e. The van der Waals surface area contributed by atoms with Crippen LogP contribution in [0.3, 0.4) is 0 Å². The number of nitrogens with one attached hydrogen (secondary N) is 1. The van der Waals surface area contributed by atoms with Crippen LogP contribution in [0.25, 0.3) is 11.0 Å². The molecule has 0 spiro atoms. The van der Waals surface area contributed by atoms with E-state index in [9.17, 15) is 0 Å². The first-order valence-corrected chi connectivity index (χ1v) is 10.1. The molecular weight excluding hydrogens is 469 g/mol. The maximum absolute atomic E-state index is 5.96. The molecule has 1 aromatic heterocycles. The van der Waals surface area contributed by atoms with E-state index < -0.39 is 0 Å². The van der Waals surface area contributed by atoms with Gasteiger partial charge < -0.3 is 24.1 Å². The molecule has 1 N–H and O–H groups in total. The van der Waals surface area contributed by atoms with Crippen molar-refractivity contribution >= 4 is 40.9 Å². The summed E-state index contributed by atoms with van der Waals surface area (Å²) in [7, 11) is 0. The number of halogens is 1. The minimum atomic E-state index is 0. The summed E-state index contributed by atoms with van der Waals surface area (Å²) in [5.74, 6) is 1.94. The van der Waals surface area contributed by atoms with Crippen molar-refractivity contribution in [1.82, 2.24) is 10.2 Å². The Hall–Kier alpha value is -1.32. The van der Waals surface area contributed by atoms with E-state index in [1.165, 1.54) is 0 Å². The zero-order valence-electron chi connectivity index (χ0n) is 16.4. The van der Waals surface area contributed by atoms with E-state index in [4.69, 9.17) is 18.9 Å². The first-order valence-electron chi connectivity index (χ1n) is 10.1. The summed E-state index contributed by atoms with van der Waals surface area (Å²) in [5.41, 5.74) is 0.941. The van der Waals surface area contributed by atoms with Gasteiger partial charge >= 0.3 is 0 Å². The molecule has 2 aliphatic heterocycles. The van der Waals surface area contributed by atoms with Gasteiger partial charge in [0.25, 0.3) is 0 Å². The summed E-state index contributed by atoms with van der Waals surface area (Å²) in [6.45, 7) is 6.93. The molecular formula is C21H30IN3O3. The molecule has 1 aromatic carbocycles. The van der Waals surface area contributed by atoms with Crippen molar-refractivity contribution in [2.24, 2.45) is 4.99 Å². The SMILES string of the molecule is CCNC(=NCCc1cc2ccccc2o1)N1CCOC(C2CCCO2)C1.I. The largest absolute Gasteiger partial charge is 0.461 e. The highest BCUT2D eigenvalue weighted by Gasteiger charge is 2.32. The van der Waals surface area contributed by atoms with Crippen molar-refractivity contribution in [3.8, 4) is 0 Å². The monoisotopic (exact) mass is 499 g/mol. The number of hydrogen-bond donors (Lipinski definition) is 1. The number of aliphatic imine (C=N–C) groups is 1. The second-order valence-corrected chi connectivity index (χ2v) is 7.14. The molecule has 2 atom stereocenters. The Labute approximate surface area is 183 Å². The molecule has 154 valence electrons. The van der Waals surface area contributed by atoms with Gasteiger partial charge in [0, 0.05) is 44.6 Å². The van der Waals surface area contributed by atoms with E-state index in [1.807, 2.05) is 18.2 Å². The Morgan fingerprint density at radius 1 is 1.21 bits per heavy atom. The van der Waals surface area contributed by atoms with Gasteiger partial charge in [0.2, 0.25) is 0 Å². The molecule has 2 aliphatic rings. The van der Waals surface area contributed by atoms with Crippen LogP contribution < -0.4 is 5.32 Å². The standard InChI is InChI=1S/C21H29N3O3.HI/c1-2-22-21(24-11-13-26-20(15-24)19-8-5-12-25-19)23-10-9-17-14-16-6-3-4-7-18(16)27-17;/h3-4,6-7,14,19-20H,2,5,8-13,15H2,1H3,(H,22,23);1H. The smallest absolute Gasteiger partial charge is 0.194 e. The molecule has 0 bridgehead atoms. The Morgan fingerprint density at radius 2 is 2.07 bits per heavy atom. The summed E-state index contributed by atoms with van der Waals surface area (Å²) < 4.78 is 17.7. The molecule has 2 saturated heterocycles. The molecule has 4 rings (SSSR count). The number of benzene rings is 1. The Morgan fingerprint density at radius 3 is 2.86 bits per heavy atom. The molecule has 2 fully saturated rings. The molecule has 3 heterocycles. The lowest BCUT2D eigenvalue weighted by atomic mass is 10.1. The number of guanidine groups is 1. The lowest BCUT2D eigenvalue weighted by Gasteiger charge is -2.37. The number of para-hydroxylation sites is 1. The fraction of sp³-hybridized carbons (Fsp3) is 0.571. The molecule has 0 amide bonds. The Kier molecular flexibility index (Phi) is 7.99. The molecule has 28 heavy (non-hydrogen) atoms. The highest BCUT2D eigenvalue weighted by Crippen LogP contribution is 2.21. The average molecular weight is 499 g/mol. The van der Waals surface area contributed by atoms with Crippen LogP contribution in [-0.2, 0) is 15.9 Å². The molecule has 0 aliphatic carbocycles. The second kappa shape index (κ2) is 10.5. The second-order valence-electron chi connectivity index (χ2n) is 7.14. The number of furan rings is 1. The van der Waals surface area contributed by atoms with Gasteiger partial charge in [-0.25, -0.2) is 0 Å². The zero-order chi connectivity index (χ0) is 18.5. The summed E-state index contributed by atoms with van der Waals surface area (Å²) >= 11 is 0. The highest BCUT2D eigenvalue weighted by atomic mass is 127. The van der Waals surface area contributed by atoms with Crippen LogP contribution in [0.5, 0.6) is 0 Å². The topological polar surface area (TPSA) is 59.2 Å². The van der Waals surface area contributed by atoms with E-state index in [2.05, 4.69) is 29.3 Å². The van der Waals surface area contributed by atoms with Crippen LogP contribution >= 0.6 is 24.0 Å². The van der Waals surface area contributed by atoms with Gasteiger partial charge in [0.1, 0.15) is 17.4 Å². The van der Waals surface area contributed by atoms with Crippen molar-refractivity contribution in [3.05, 3.63) is 36.1 Å². The number of morpholine rings is 1. The van der Waals surface area contributed by atoms with Crippen LogP contribution in [0.15, 0.2) is 39.7 Å². The van der Waals surface area contributed by atoms with E-state index in [0.29, 0.717) is 6.54 Å². The van der Waals surface area contributed by atoms with Crippen molar-refractivity contribution in [3.63, 3.8) is 0 Å². The van der Waals surface area contributed by atoms with Crippen LogP contribution in [0.4, 0.5) is 0 Å². The van der Waals surface area contributed by atoms with Crippen molar-refractivity contribution in [2.75, 3.05) is 39.4 Å². The van der Waals surface area contributed by atoms with E-state index in [1.54, 1.807) is 0 Å². The molecule has 6 nitrogen and oxygen atoms in total. The fourth-order valence-corrected chi connectivity index (χ4v) is 3.85. The minimum absolute atomic E-state index is 0. The van der Waals surface area contributed by atoms with E-state index in [0.717, 1.165) is 74.8 Å². The average Bonchev–Trinajstić information content (AvgIpc) is 3.37. The highest BCUT2D eigenvalue weighted by molar-refractivity contribution is 14.0. The normalized spacial score (nSPS) is 23.0. The van der Waals surface area contributed by atoms with E-state index >= 15 is 0 Å². The van der Waals surface area contributed by atoms with Gasteiger partial charge in [-0.15, -0.1) is 24.0 Å². The third-order valence-electron chi connectivity index (χ3n) is 5.20. The summed E-state index contributed by atoms with van der Waals surface area (Å²) in [4.78, 5) is 7.14. The first-order chi connectivity index (χ1) is 13.3. The van der Waals surface area contributed by atoms with Crippen molar-refractivity contribution in [1.29, 1.82) is 0 Å². The summed E-state index contributed by atoms with van der Waals surface area (Å²) in [5, 5.41) is 4.57. The Balaban J connectivity index is 0.00000225. The molecule has 2 aromatic rings. The predicted molar refractivity (Wildman–Crippen MR) is 122 cm³/mol. The van der Waals surface area contributed by atoms with Crippen LogP contribution in [0.1, 0.15) is 25.5 Å². The quantitative estimate of drug-likeness (QED) is 0.388.